The van der Waals surface area contributed by atoms with Crippen molar-refractivity contribution >= 4 is 11.5 Å². The number of aryl methyl sites for hydroxylation is 1. The van der Waals surface area contributed by atoms with Crippen molar-refractivity contribution in [3.8, 4) is 0 Å². The Morgan fingerprint density at radius 3 is 3.00 bits per heavy atom. The standard InChI is InChI=1S/C11H17N3/c1-8-7-10(12)9-5-3-4-6-14(2)11(9)13-8/h7H,3-6H2,1-2H3,(H2,12,13). The first-order valence-electron chi connectivity index (χ1n) is 5.15. The molecule has 76 valence electrons. The lowest BCUT2D eigenvalue weighted by Gasteiger charge is -2.19. The van der Waals surface area contributed by atoms with Gasteiger partial charge >= 0.3 is 0 Å². The van der Waals surface area contributed by atoms with Crippen LogP contribution in [0.3, 0.4) is 0 Å². The fourth-order valence-corrected chi connectivity index (χ4v) is 2.04. The molecule has 0 saturated carbocycles. The van der Waals surface area contributed by atoms with Gasteiger partial charge in [-0.2, -0.15) is 0 Å². The van der Waals surface area contributed by atoms with Crippen molar-refractivity contribution in [3.63, 3.8) is 0 Å². The molecule has 0 unspecified atom stereocenters. The smallest absolute Gasteiger partial charge is 0.133 e. The Kier molecular flexibility index (Phi) is 2.32. The van der Waals surface area contributed by atoms with Gasteiger partial charge in [-0.3, -0.25) is 0 Å². The molecule has 0 spiro atoms. The molecule has 0 aromatic carbocycles. The average molecular weight is 191 g/mol. The van der Waals surface area contributed by atoms with E-state index in [9.17, 15) is 0 Å². The molecule has 0 fully saturated rings. The molecule has 0 radical (unpaired) electrons. The van der Waals surface area contributed by atoms with Crippen LogP contribution in [0.1, 0.15) is 24.1 Å². The number of nitrogen functional groups attached to an aromatic ring is 1. The van der Waals surface area contributed by atoms with Gasteiger partial charge in [0.1, 0.15) is 5.82 Å². The van der Waals surface area contributed by atoms with Crippen molar-refractivity contribution in [2.75, 3.05) is 24.2 Å². The number of nitrogens with zero attached hydrogens (tertiary/aromatic N) is 2. The fourth-order valence-electron chi connectivity index (χ4n) is 2.04. The SMILES string of the molecule is Cc1cc(N)c2c(n1)N(C)CCCC2. The predicted molar refractivity (Wildman–Crippen MR) is 59.6 cm³/mol. The van der Waals surface area contributed by atoms with E-state index in [0.29, 0.717) is 0 Å². The van der Waals surface area contributed by atoms with Crippen molar-refractivity contribution in [1.29, 1.82) is 0 Å². The van der Waals surface area contributed by atoms with Gasteiger partial charge in [0.25, 0.3) is 0 Å². The summed E-state index contributed by atoms with van der Waals surface area (Å²) in [5.74, 6) is 1.08. The van der Waals surface area contributed by atoms with Crippen molar-refractivity contribution in [3.05, 3.63) is 17.3 Å². The Balaban J connectivity index is 2.53. The number of anilines is 2. The van der Waals surface area contributed by atoms with E-state index >= 15 is 0 Å². The van der Waals surface area contributed by atoms with Crippen LogP contribution in [0.2, 0.25) is 0 Å². The van der Waals surface area contributed by atoms with E-state index in [4.69, 9.17) is 5.73 Å². The van der Waals surface area contributed by atoms with Crippen molar-refractivity contribution in [2.45, 2.75) is 26.2 Å². The molecular weight excluding hydrogens is 174 g/mol. The number of rotatable bonds is 0. The molecule has 14 heavy (non-hydrogen) atoms. The van der Waals surface area contributed by atoms with Crippen LogP contribution >= 0.6 is 0 Å². The highest BCUT2D eigenvalue weighted by Crippen LogP contribution is 2.28. The van der Waals surface area contributed by atoms with E-state index in [0.717, 1.165) is 30.2 Å². The monoisotopic (exact) mass is 191 g/mol. The lowest BCUT2D eigenvalue weighted by molar-refractivity contribution is 0.749. The summed E-state index contributed by atoms with van der Waals surface area (Å²) in [7, 11) is 2.09. The summed E-state index contributed by atoms with van der Waals surface area (Å²) in [5, 5.41) is 0. The molecule has 0 aliphatic carbocycles. The van der Waals surface area contributed by atoms with Crippen LogP contribution in [-0.4, -0.2) is 18.6 Å². The zero-order chi connectivity index (χ0) is 10.1. The minimum Gasteiger partial charge on any atom is -0.398 e. The minimum atomic E-state index is 0.904. The molecule has 2 N–H and O–H groups in total. The topological polar surface area (TPSA) is 42.1 Å². The highest BCUT2D eigenvalue weighted by molar-refractivity contribution is 5.61. The number of nitrogens with two attached hydrogens (primary N) is 1. The molecular formula is C11H17N3. The number of hydrogen-bond acceptors (Lipinski definition) is 3. The molecule has 1 aliphatic heterocycles. The maximum atomic E-state index is 6.01. The molecule has 0 atom stereocenters. The first kappa shape index (κ1) is 9.31. The van der Waals surface area contributed by atoms with Crippen LogP contribution in [-0.2, 0) is 6.42 Å². The third-order valence-electron chi connectivity index (χ3n) is 2.80. The number of hydrogen-bond donors (Lipinski definition) is 1. The quantitative estimate of drug-likeness (QED) is 0.679. The van der Waals surface area contributed by atoms with Gasteiger partial charge in [0.2, 0.25) is 0 Å². The van der Waals surface area contributed by atoms with E-state index in [-0.39, 0.29) is 0 Å². The Morgan fingerprint density at radius 2 is 2.21 bits per heavy atom. The van der Waals surface area contributed by atoms with Crippen LogP contribution in [0.15, 0.2) is 6.07 Å². The van der Waals surface area contributed by atoms with Gasteiger partial charge in [0, 0.05) is 30.5 Å². The first-order chi connectivity index (χ1) is 6.68. The molecule has 0 saturated heterocycles. The molecule has 3 heteroatoms. The van der Waals surface area contributed by atoms with E-state index in [2.05, 4.69) is 16.9 Å². The van der Waals surface area contributed by atoms with Crippen LogP contribution in [0.5, 0.6) is 0 Å². The van der Waals surface area contributed by atoms with E-state index in [1.54, 1.807) is 0 Å². The third kappa shape index (κ3) is 1.54. The lowest BCUT2D eigenvalue weighted by atomic mass is 10.1. The van der Waals surface area contributed by atoms with Gasteiger partial charge in [-0.1, -0.05) is 0 Å². The Labute approximate surface area is 84.9 Å². The summed E-state index contributed by atoms with van der Waals surface area (Å²) in [6, 6.07) is 1.97. The lowest BCUT2D eigenvalue weighted by Crippen LogP contribution is -2.19. The Hall–Kier alpha value is -1.25. The van der Waals surface area contributed by atoms with Gasteiger partial charge in [0.15, 0.2) is 0 Å². The second-order valence-corrected chi connectivity index (χ2v) is 4.03. The van der Waals surface area contributed by atoms with E-state index < -0.39 is 0 Å². The summed E-state index contributed by atoms with van der Waals surface area (Å²) in [6.45, 7) is 3.08. The van der Waals surface area contributed by atoms with Crippen molar-refractivity contribution < 1.29 is 0 Å². The van der Waals surface area contributed by atoms with Gasteiger partial charge in [-0.25, -0.2) is 4.98 Å². The number of aromatic nitrogens is 1. The highest BCUT2D eigenvalue weighted by atomic mass is 15.2. The predicted octanol–water partition coefficient (Wildman–Crippen LogP) is 1.74. The number of pyridine rings is 1. The summed E-state index contributed by atoms with van der Waals surface area (Å²) in [6.07, 6.45) is 3.51. The fraction of sp³-hybridized carbons (Fsp3) is 0.545. The first-order valence-corrected chi connectivity index (χ1v) is 5.15. The van der Waals surface area contributed by atoms with Crippen LogP contribution in [0, 0.1) is 6.92 Å². The summed E-state index contributed by atoms with van der Waals surface area (Å²) < 4.78 is 0. The van der Waals surface area contributed by atoms with Gasteiger partial charge in [0.05, 0.1) is 0 Å². The summed E-state index contributed by atoms with van der Waals surface area (Å²) in [4.78, 5) is 6.78. The molecule has 0 amide bonds. The normalized spacial score (nSPS) is 16.3. The van der Waals surface area contributed by atoms with Gasteiger partial charge < -0.3 is 10.6 Å². The summed E-state index contributed by atoms with van der Waals surface area (Å²) >= 11 is 0. The zero-order valence-electron chi connectivity index (χ0n) is 8.88. The second-order valence-electron chi connectivity index (χ2n) is 4.03. The van der Waals surface area contributed by atoms with Gasteiger partial charge in [-0.15, -0.1) is 0 Å². The van der Waals surface area contributed by atoms with Crippen LogP contribution in [0.25, 0.3) is 0 Å². The highest BCUT2D eigenvalue weighted by Gasteiger charge is 2.16. The van der Waals surface area contributed by atoms with Crippen LogP contribution < -0.4 is 10.6 Å². The maximum Gasteiger partial charge on any atom is 0.133 e. The molecule has 0 bridgehead atoms. The molecule has 1 aromatic heterocycles. The third-order valence-corrected chi connectivity index (χ3v) is 2.80. The molecule has 3 nitrogen and oxygen atoms in total. The molecule has 2 rings (SSSR count). The number of fused-ring (bicyclic) bond motifs is 1. The molecule has 1 aromatic rings. The second kappa shape index (κ2) is 3.48. The molecule has 1 aliphatic rings. The van der Waals surface area contributed by atoms with E-state index in [1.165, 1.54) is 18.4 Å². The molecule has 2 heterocycles. The van der Waals surface area contributed by atoms with Crippen molar-refractivity contribution in [2.24, 2.45) is 0 Å². The Bertz CT molecular complexity index is 347. The summed E-state index contributed by atoms with van der Waals surface area (Å²) in [5.41, 5.74) is 9.15. The van der Waals surface area contributed by atoms with Crippen LogP contribution in [0.4, 0.5) is 11.5 Å². The van der Waals surface area contributed by atoms with E-state index in [1.807, 2.05) is 13.0 Å². The average Bonchev–Trinajstić information content (AvgIpc) is 2.29. The van der Waals surface area contributed by atoms with Gasteiger partial charge in [-0.05, 0) is 32.3 Å². The largest absolute Gasteiger partial charge is 0.398 e. The maximum absolute atomic E-state index is 6.01. The zero-order valence-corrected chi connectivity index (χ0v) is 8.88. The van der Waals surface area contributed by atoms with Crippen molar-refractivity contribution in [1.82, 2.24) is 4.98 Å². The Morgan fingerprint density at radius 1 is 1.43 bits per heavy atom. The minimum absolute atomic E-state index is 0.904.